The molecule has 1 fully saturated rings. The van der Waals surface area contributed by atoms with E-state index in [1.165, 1.54) is 0 Å². The van der Waals surface area contributed by atoms with Crippen molar-refractivity contribution in [2.24, 2.45) is 4.99 Å². The van der Waals surface area contributed by atoms with Gasteiger partial charge in [0.25, 0.3) is 0 Å². The molecule has 0 spiro atoms. The Hall–Kier alpha value is -1.57. The first-order valence-corrected chi connectivity index (χ1v) is 8.54. The predicted molar refractivity (Wildman–Crippen MR) is 94.3 cm³/mol. The van der Waals surface area contributed by atoms with Gasteiger partial charge < -0.3 is 24.5 Å². The molecule has 0 amide bonds. The first-order chi connectivity index (χ1) is 11.7. The second-order valence-electron chi connectivity index (χ2n) is 6.08. The molecule has 2 rings (SSSR count). The van der Waals surface area contributed by atoms with Crippen LogP contribution in [0.2, 0.25) is 0 Å². The summed E-state index contributed by atoms with van der Waals surface area (Å²) in [6, 6.07) is 4.06. The van der Waals surface area contributed by atoms with E-state index in [9.17, 15) is 0 Å². The highest BCUT2D eigenvalue weighted by Gasteiger charge is 2.17. The van der Waals surface area contributed by atoms with Crippen molar-refractivity contribution in [2.45, 2.75) is 25.0 Å². The van der Waals surface area contributed by atoms with E-state index in [0.29, 0.717) is 0 Å². The number of hydrogen-bond acceptors (Lipinski definition) is 5. The van der Waals surface area contributed by atoms with E-state index >= 15 is 0 Å². The number of ether oxygens (including phenoxy) is 2. The molecule has 0 aliphatic carbocycles. The average Bonchev–Trinajstić information content (AvgIpc) is 3.26. The van der Waals surface area contributed by atoms with E-state index in [2.05, 4.69) is 20.5 Å². The molecule has 2 atom stereocenters. The molecule has 0 saturated carbocycles. The number of guanidine groups is 1. The van der Waals surface area contributed by atoms with Crippen LogP contribution >= 0.6 is 0 Å². The monoisotopic (exact) mass is 338 g/mol. The van der Waals surface area contributed by atoms with Gasteiger partial charge in [0.1, 0.15) is 5.76 Å². The van der Waals surface area contributed by atoms with Crippen LogP contribution in [0.3, 0.4) is 0 Å². The Morgan fingerprint density at radius 1 is 1.46 bits per heavy atom. The van der Waals surface area contributed by atoms with Crippen LogP contribution in [0.5, 0.6) is 0 Å². The maximum absolute atomic E-state index is 5.75. The van der Waals surface area contributed by atoms with Crippen molar-refractivity contribution >= 4 is 5.96 Å². The zero-order valence-corrected chi connectivity index (χ0v) is 15.0. The minimum atomic E-state index is 0.157. The summed E-state index contributed by atoms with van der Waals surface area (Å²) in [4.78, 5) is 6.38. The molecular formula is C17H30N4O3. The summed E-state index contributed by atoms with van der Waals surface area (Å²) in [5.41, 5.74) is 0. The minimum Gasteiger partial charge on any atom is -0.468 e. The van der Waals surface area contributed by atoms with Crippen molar-refractivity contribution in [1.82, 2.24) is 15.5 Å². The predicted octanol–water partition coefficient (Wildman–Crippen LogP) is 1.24. The molecule has 136 valence electrons. The van der Waals surface area contributed by atoms with Gasteiger partial charge in [-0.1, -0.05) is 0 Å². The van der Waals surface area contributed by atoms with Gasteiger partial charge in [0, 0.05) is 33.4 Å². The molecule has 0 aromatic carbocycles. The van der Waals surface area contributed by atoms with Crippen molar-refractivity contribution in [3.8, 4) is 0 Å². The molecule has 1 aromatic heterocycles. The van der Waals surface area contributed by atoms with Gasteiger partial charge in [-0.25, -0.2) is 0 Å². The van der Waals surface area contributed by atoms with Gasteiger partial charge in [0.05, 0.1) is 25.0 Å². The summed E-state index contributed by atoms with van der Waals surface area (Å²) >= 11 is 0. The van der Waals surface area contributed by atoms with Gasteiger partial charge in [-0.05, 0) is 39.1 Å². The van der Waals surface area contributed by atoms with Crippen LogP contribution in [-0.4, -0.2) is 71.0 Å². The van der Waals surface area contributed by atoms with E-state index in [0.717, 1.165) is 57.5 Å². The third-order valence-electron chi connectivity index (χ3n) is 4.04. The second-order valence-corrected chi connectivity index (χ2v) is 6.08. The number of nitrogens with zero attached hydrogens (tertiary/aromatic N) is 2. The fourth-order valence-electron chi connectivity index (χ4n) is 2.61. The minimum absolute atomic E-state index is 0.157. The van der Waals surface area contributed by atoms with Crippen LogP contribution in [0.25, 0.3) is 0 Å². The van der Waals surface area contributed by atoms with Gasteiger partial charge in [0.2, 0.25) is 0 Å². The summed E-state index contributed by atoms with van der Waals surface area (Å²) in [5.74, 6) is 1.73. The third-order valence-corrected chi connectivity index (χ3v) is 4.04. The van der Waals surface area contributed by atoms with Crippen LogP contribution in [0.15, 0.2) is 27.8 Å². The van der Waals surface area contributed by atoms with Gasteiger partial charge >= 0.3 is 0 Å². The second kappa shape index (κ2) is 10.3. The number of furan rings is 1. The molecule has 2 unspecified atom stereocenters. The summed E-state index contributed by atoms with van der Waals surface area (Å²) in [5, 5.41) is 6.66. The standard InChI is InChI=1S/C17H30N4O3/c1-18-17(19-8-5-10-23-14-7-11-22-13-14)20-12-15(21(2)3)16-6-4-9-24-16/h4,6,9,14-15H,5,7-8,10-13H2,1-3H3,(H2,18,19,20). The zero-order chi connectivity index (χ0) is 17.2. The Bertz CT molecular complexity index is 470. The molecular weight excluding hydrogens is 308 g/mol. The fraction of sp³-hybridized carbons (Fsp3) is 0.706. The van der Waals surface area contributed by atoms with Crippen molar-refractivity contribution in [2.75, 3.05) is 54.1 Å². The third kappa shape index (κ3) is 6.14. The Kier molecular flexibility index (Phi) is 8.07. The lowest BCUT2D eigenvalue weighted by Gasteiger charge is -2.23. The Labute approximate surface area is 144 Å². The highest BCUT2D eigenvalue weighted by Crippen LogP contribution is 2.17. The highest BCUT2D eigenvalue weighted by molar-refractivity contribution is 5.79. The number of rotatable bonds is 9. The maximum Gasteiger partial charge on any atom is 0.191 e. The molecule has 1 saturated heterocycles. The van der Waals surface area contributed by atoms with Crippen LogP contribution < -0.4 is 10.6 Å². The SMILES string of the molecule is CN=C(NCCCOC1CCOC1)NCC(c1ccco1)N(C)C. The maximum atomic E-state index is 5.75. The highest BCUT2D eigenvalue weighted by atomic mass is 16.5. The van der Waals surface area contributed by atoms with Crippen LogP contribution in [0.4, 0.5) is 0 Å². The molecule has 1 aliphatic rings. The lowest BCUT2D eigenvalue weighted by molar-refractivity contribution is 0.0420. The molecule has 1 aliphatic heterocycles. The van der Waals surface area contributed by atoms with Gasteiger partial charge in [-0.15, -0.1) is 0 Å². The molecule has 1 aromatic rings. The van der Waals surface area contributed by atoms with E-state index in [1.54, 1.807) is 13.3 Å². The zero-order valence-electron chi connectivity index (χ0n) is 15.0. The average molecular weight is 338 g/mol. The summed E-state index contributed by atoms with van der Waals surface area (Å²) < 4.78 is 16.6. The van der Waals surface area contributed by atoms with Gasteiger partial charge in [-0.2, -0.15) is 0 Å². The smallest absolute Gasteiger partial charge is 0.191 e. The molecule has 7 heteroatoms. The normalized spacial score (nSPS) is 19.7. The van der Waals surface area contributed by atoms with Crippen molar-refractivity contribution in [1.29, 1.82) is 0 Å². The summed E-state index contributed by atoms with van der Waals surface area (Å²) in [6.45, 7) is 3.83. The molecule has 7 nitrogen and oxygen atoms in total. The number of aliphatic imine (C=N–C) groups is 1. The lowest BCUT2D eigenvalue weighted by atomic mass is 10.2. The summed E-state index contributed by atoms with van der Waals surface area (Å²) in [7, 11) is 5.85. The van der Waals surface area contributed by atoms with Crippen molar-refractivity contribution < 1.29 is 13.9 Å². The van der Waals surface area contributed by atoms with Crippen molar-refractivity contribution in [3.63, 3.8) is 0 Å². The van der Waals surface area contributed by atoms with E-state index in [1.807, 2.05) is 26.2 Å². The number of likely N-dealkylation sites (N-methyl/N-ethyl adjacent to an activating group) is 1. The largest absolute Gasteiger partial charge is 0.468 e. The van der Waals surface area contributed by atoms with Crippen LogP contribution in [0, 0.1) is 0 Å². The van der Waals surface area contributed by atoms with E-state index < -0.39 is 0 Å². The summed E-state index contributed by atoms with van der Waals surface area (Å²) in [6.07, 6.45) is 3.92. The molecule has 0 radical (unpaired) electrons. The van der Waals surface area contributed by atoms with Crippen molar-refractivity contribution in [3.05, 3.63) is 24.2 Å². The molecule has 0 bridgehead atoms. The van der Waals surface area contributed by atoms with E-state index in [-0.39, 0.29) is 12.1 Å². The molecule has 2 heterocycles. The topological polar surface area (TPSA) is 71.3 Å². The number of nitrogens with one attached hydrogen (secondary N) is 2. The number of hydrogen-bond donors (Lipinski definition) is 2. The quantitative estimate of drug-likeness (QED) is 0.401. The Morgan fingerprint density at radius 3 is 2.96 bits per heavy atom. The molecule has 2 N–H and O–H groups in total. The van der Waals surface area contributed by atoms with E-state index in [4.69, 9.17) is 13.9 Å². The first-order valence-electron chi connectivity index (χ1n) is 8.54. The Balaban J connectivity index is 1.64. The molecule has 24 heavy (non-hydrogen) atoms. The van der Waals surface area contributed by atoms with Crippen LogP contribution in [0.1, 0.15) is 24.6 Å². The van der Waals surface area contributed by atoms with Gasteiger partial charge in [-0.3, -0.25) is 9.89 Å². The first kappa shape index (κ1) is 18.8. The van der Waals surface area contributed by atoms with Gasteiger partial charge in [0.15, 0.2) is 5.96 Å². The fourth-order valence-corrected chi connectivity index (χ4v) is 2.61. The lowest BCUT2D eigenvalue weighted by Crippen LogP contribution is -2.42. The van der Waals surface area contributed by atoms with Crippen LogP contribution in [-0.2, 0) is 9.47 Å². The Morgan fingerprint density at radius 2 is 2.33 bits per heavy atom.